The Kier molecular flexibility index (Phi) is 4.53. The number of aliphatic imine (C=N–C) groups is 1. The molecule has 0 saturated heterocycles. The number of hydrogen-bond donors (Lipinski definition) is 1. The van der Waals surface area contributed by atoms with E-state index in [0.717, 1.165) is 11.4 Å². The van der Waals surface area contributed by atoms with Gasteiger partial charge < -0.3 is 5.73 Å². The summed E-state index contributed by atoms with van der Waals surface area (Å²) in [6.45, 7) is 2.75. The van der Waals surface area contributed by atoms with Gasteiger partial charge in [0.05, 0.1) is 6.54 Å². The molecular formula is C21H20N2. The van der Waals surface area contributed by atoms with Crippen molar-refractivity contribution in [1.82, 2.24) is 0 Å². The third-order valence-corrected chi connectivity index (χ3v) is 3.89. The first kappa shape index (κ1) is 15.0. The number of rotatable bonds is 4. The highest BCUT2D eigenvalue weighted by atomic mass is 14.7. The molecule has 0 aliphatic rings. The van der Waals surface area contributed by atoms with Crippen LogP contribution in [-0.2, 0) is 6.54 Å². The molecule has 3 rings (SSSR count). The van der Waals surface area contributed by atoms with E-state index in [1.807, 2.05) is 42.5 Å². The van der Waals surface area contributed by atoms with Crippen molar-refractivity contribution in [2.45, 2.75) is 13.5 Å². The second kappa shape index (κ2) is 6.93. The van der Waals surface area contributed by atoms with E-state index in [-0.39, 0.29) is 0 Å². The zero-order valence-electron chi connectivity index (χ0n) is 13.2. The molecular weight excluding hydrogens is 280 g/mol. The van der Waals surface area contributed by atoms with Crippen LogP contribution in [-0.4, -0.2) is 5.71 Å². The SMILES string of the molecule is C/C(=N\Cc1ccc(-c2ccc(N)cc2)cc1)c1ccccc1. The van der Waals surface area contributed by atoms with E-state index >= 15 is 0 Å². The molecule has 0 aliphatic carbocycles. The smallest absolute Gasteiger partial charge is 0.0643 e. The van der Waals surface area contributed by atoms with Gasteiger partial charge in [0.1, 0.15) is 0 Å². The van der Waals surface area contributed by atoms with Crippen LogP contribution >= 0.6 is 0 Å². The van der Waals surface area contributed by atoms with Gasteiger partial charge in [-0.15, -0.1) is 0 Å². The summed E-state index contributed by atoms with van der Waals surface area (Å²) in [6.07, 6.45) is 0. The molecule has 3 aromatic carbocycles. The minimum Gasteiger partial charge on any atom is -0.399 e. The lowest BCUT2D eigenvalue weighted by atomic mass is 10.0. The number of nitrogen functional groups attached to an aromatic ring is 1. The number of benzene rings is 3. The molecule has 2 N–H and O–H groups in total. The summed E-state index contributed by atoms with van der Waals surface area (Å²) < 4.78 is 0. The normalized spacial score (nSPS) is 11.4. The van der Waals surface area contributed by atoms with Crippen molar-refractivity contribution in [3.05, 3.63) is 90.0 Å². The Labute approximate surface area is 137 Å². The quantitative estimate of drug-likeness (QED) is 0.537. The fourth-order valence-electron chi connectivity index (χ4n) is 2.46. The number of hydrogen-bond acceptors (Lipinski definition) is 2. The molecule has 2 nitrogen and oxygen atoms in total. The fraction of sp³-hybridized carbons (Fsp3) is 0.0952. The molecule has 0 radical (unpaired) electrons. The predicted molar refractivity (Wildman–Crippen MR) is 98.6 cm³/mol. The highest BCUT2D eigenvalue weighted by Gasteiger charge is 1.99. The minimum atomic E-state index is 0.697. The van der Waals surface area contributed by atoms with Crippen molar-refractivity contribution in [3.63, 3.8) is 0 Å². The highest BCUT2D eigenvalue weighted by molar-refractivity contribution is 5.98. The second-order valence-electron chi connectivity index (χ2n) is 5.59. The van der Waals surface area contributed by atoms with Gasteiger partial charge in [0.25, 0.3) is 0 Å². The first-order valence-corrected chi connectivity index (χ1v) is 7.74. The van der Waals surface area contributed by atoms with Crippen molar-refractivity contribution < 1.29 is 0 Å². The van der Waals surface area contributed by atoms with Crippen LogP contribution in [0.3, 0.4) is 0 Å². The zero-order valence-corrected chi connectivity index (χ0v) is 13.2. The number of nitrogens with zero attached hydrogens (tertiary/aromatic N) is 1. The first-order valence-electron chi connectivity index (χ1n) is 7.74. The third kappa shape index (κ3) is 3.86. The summed E-state index contributed by atoms with van der Waals surface area (Å²) in [5.74, 6) is 0. The molecule has 0 fully saturated rings. The lowest BCUT2D eigenvalue weighted by molar-refractivity contribution is 1.07. The maximum Gasteiger partial charge on any atom is 0.0643 e. The summed E-state index contributed by atoms with van der Waals surface area (Å²) in [5.41, 5.74) is 12.3. The maximum absolute atomic E-state index is 5.73. The minimum absolute atomic E-state index is 0.697. The van der Waals surface area contributed by atoms with Gasteiger partial charge in [-0.2, -0.15) is 0 Å². The van der Waals surface area contributed by atoms with Crippen LogP contribution in [0.1, 0.15) is 18.1 Å². The molecule has 0 spiro atoms. The van der Waals surface area contributed by atoms with Crippen molar-refractivity contribution >= 4 is 11.4 Å². The van der Waals surface area contributed by atoms with Crippen molar-refractivity contribution in [2.24, 2.45) is 4.99 Å². The van der Waals surface area contributed by atoms with Gasteiger partial charge in [-0.1, -0.05) is 66.7 Å². The Morgan fingerprint density at radius 1 is 0.783 bits per heavy atom. The van der Waals surface area contributed by atoms with Gasteiger partial charge in [0.2, 0.25) is 0 Å². The molecule has 114 valence electrons. The van der Waals surface area contributed by atoms with E-state index in [9.17, 15) is 0 Å². The van der Waals surface area contributed by atoms with Gasteiger partial charge in [-0.05, 0) is 41.3 Å². The first-order chi connectivity index (χ1) is 11.2. The Bertz CT molecular complexity index is 786. The molecule has 0 saturated carbocycles. The van der Waals surface area contributed by atoms with Crippen LogP contribution < -0.4 is 5.73 Å². The van der Waals surface area contributed by atoms with Crippen LogP contribution in [0.15, 0.2) is 83.9 Å². The van der Waals surface area contributed by atoms with E-state index in [1.165, 1.54) is 22.3 Å². The molecule has 0 amide bonds. The summed E-state index contributed by atoms with van der Waals surface area (Å²) in [7, 11) is 0. The second-order valence-corrected chi connectivity index (χ2v) is 5.59. The molecule has 3 aromatic rings. The summed E-state index contributed by atoms with van der Waals surface area (Å²) in [6, 6.07) is 26.7. The predicted octanol–water partition coefficient (Wildman–Crippen LogP) is 4.95. The van der Waals surface area contributed by atoms with E-state index < -0.39 is 0 Å². The molecule has 0 unspecified atom stereocenters. The van der Waals surface area contributed by atoms with Crippen molar-refractivity contribution in [3.8, 4) is 11.1 Å². The molecule has 0 aromatic heterocycles. The lowest BCUT2D eigenvalue weighted by Crippen LogP contribution is -1.95. The topological polar surface area (TPSA) is 38.4 Å². The number of anilines is 1. The van der Waals surface area contributed by atoms with Crippen molar-refractivity contribution in [2.75, 3.05) is 5.73 Å². The monoisotopic (exact) mass is 300 g/mol. The zero-order chi connectivity index (χ0) is 16.1. The molecule has 0 bridgehead atoms. The van der Waals surface area contributed by atoms with Gasteiger partial charge in [-0.3, -0.25) is 4.99 Å². The highest BCUT2D eigenvalue weighted by Crippen LogP contribution is 2.21. The average molecular weight is 300 g/mol. The van der Waals surface area contributed by atoms with Crippen LogP contribution in [0.25, 0.3) is 11.1 Å². The summed E-state index contributed by atoms with van der Waals surface area (Å²) in [4.78, 5) is 4.68. The molecule has 0 atom stereocenters. The maximum atomic E-state index is 5.73. The third-order valence-electron chi connectivity index (χ3n) is 3.89. The van der Waals surface area contributed by atoms with E-state index in [2.05, 4.69) is 48.3 Å². The van der Waals surface area contributed by atoms with Gasteiger partial charge in [0.15, 0.2) is 0 Å². The lowest BCUT2D eigenvalue weighted by Gasteiger charge is -2.05. The summed E-state index contributed by atoms with van der Waals surface area (Å²) in [5, 5.41) is 0. The van der Waals surface area contributed by atoms with Gasteiger partial charge in [-0.25, -0.2) is 0 Å². The van der Waals surface area contributed by atoms with Crippen LogP contribution in [0, 0.1) is 0 Å². The Balaban J connectivity index is 1.71. The fourth-order valence-corrected chi connectivity index (χ4v) is 2.46. The number of nitrogens with two attached hydrogens (primary N) is 1. The van der Waals surface area contributed by atoms with Gasteiger partial charge in [0, 0.05) is 11.4 Å². The molecule has 0 heterocycles. The summed E-state index contributed by atoms with van der Waals surface area (Å²) >= 11 is 0. The molecule has 0 aliphatic heterocycles. The largest absolute Gasteiger partial charge is 0.399 e. The van der Waals surface area contributed by atoms with Gasteiger partial charge >= 0.3 is 0 Å². The van der Waals surface area contributed by atoms with Crippen LogP contribution in [0.2, 0.25) is 0 Å². The Morgan fingerprint density at radius 3 is 1.96 bits per heavy atom. The van der Waals surface area contributed by atoms with E-state index in [4.69, 9.17) is 5.73 Å². The Morgan fingerprint density at radius 2 is 1.35 bits per heavy atom. The van der Waals surface area contributed by atoms with Crippen LogP contribution in [0.4, 0.5) is 5.69 Å². The standard InChI is InChI=1S/C21H20N2/c1-16(18-5-3-2-4-6-18)23-15-17-7-9-19(10-8-17)20-11-13-21(22)14-12-20/h2-14H,15,22H2,1H3/b23-16+. The van der Waals surface area contributed by atoms with Crippen LogP contribution in [0.5, 0.6) is 0 Å². The molecule has 23 heavy (non-hydrogen) atoms. The average Bonchev–Trinajstić information content (AvgIpc) is 2.61. The molecule has 2 heteroatoms. The Hall–Kier alpha value is -2.87. The van der Waals surface area contributed by atoms with E-state index in [1.54, 1.807) is 0 Å². The van der Waals surface area contributed by atoms with E-state index in [0.29, 0.717) is 6.54 Å². The van der Waals surface area contributed by atoms with Crippen molar-refractivity contribution in [1.29, 1.82) is 0 Å².